The summed E-state index contributed by atoms with van der Waals surface area (Å²) >= 11 is 0. The van der Waals surface area contributed by atoms with E-state index < -0.39 is 77.3 Å². The van der Waals surface area contributed by atoms with E-state index in [1.807, 2.05) is 82.6 Å². The quantitative estimate of drug-likeness (QED) is 0.104. The zero-order chi connectivity index (χ0) is 53.1. The number of hydrogen-bond donors (Lipinski definition) is 2. The molecule has 4 aliphatic heterocycles. The summed E-state index contributed by atoms with van der Waals surface area (Å²) in [7, 11) is 2.80. The Labute approximate surface area is 440 Å². The second-order valence-corrected chi connectivity index (χ2v) is 19.3. The first-order valence-electron chi connectivity index (χ1n) is 25.2. The van der Waals surface area contributed by atoms with Crippen molar-refractivity contribution in [2.75, 3.05) is 63.4 Å². The number of carbonyl (C=O) groups excluding carboxylic acids is 5. The van der Waals surface area contributed by atoms with Crippen molar-refractivity contribution >= 4 is 41.4 Å². The van der Waals surface area contributed by atoms with Crippen LogP contribution in [-0.2, 0) is 34.1 Å². The topological polar surface area (TPSA) is 193 Å². The van der Waals surface area contributed by atoms with Crippen LogP contribution in [0.3, 0.4) is 0 Å². The Balaban J connectivity index is 1.25. The lowest BCUT2D eigenvalue weighted by molar-refractivity contribution is -0.179. The van der Waals surface area contributed by atoms with Crippen LogP contribution in [0.4, 0.5) is 16.4 Å². The number of rotatable bonds is 12. The fraction of sp³-hybridized carbons (Fsp3) is 0.305. The number of morpholine rings is 1. The smallest absolute Gasteiger partial charge is 0.329 e. The summed E-state index contributed by atoms with van der Waals surface area (Å²) in [5.41, 5.74) is 1.33. The number of nitrogens with zero attached hydrogens (tertiary/aromatic N) is 6. The molecule has 0 aliphatic carbocycles. The lowest BCUT2D eigenvalue weighted by atomic mass is 9.64. The lowest BCUT2D eigenvalue weighted by Gasteiger charge is -2.46. The van der Waals surface area contributed by atoms with Crippen LogP contribution in [0.15, 0.2) is 146 Å². The van der Waals surface area contributed by atoms with Gasteiger partial charge in [-0.3, -0.25) is 19.3 Å². The van der Waals surface area contributed by atoms with Crippen molar-refractivity contribution in [1.82, 2.24) is 25.1 Å². The highest BCUT2D eigenvalue weighted by molar-refractivity contribution is 6.25. The van der Waals surface area contributed by atoms with Gasteiger partial charge in [0.15, 0.2) is 0 Å². The summed E-state index contributed by atoms with van der Waals surface area (Å²) in [6.07, 6.45) is 2.35. The Bertz CT molecular complexity index is 3160. The van der Waals surface area contributed by atoms with E-state index in [1.165, 1.54) is 7.11 Å². The molecule has 3 saturated heterocycles. The average molecular weight is 1020 g/mol. The zero-order valence-corrected chi connectivity index (χ0v) is 42.4. The number of amides is 4. The van der Waals surface area contributed by atoms with Crippen LogP contribution in [0.25, 0.3) is 0 Å². The van der Waals surface area contributed by atoms with Gasteiger partial charge < -0.3 is 39.2 Å². The molecule has 3 fully saturated rings. The third kappa shape index (κ3) is 9.24. The maximum Gasteiger partial charge on any atom is 0.329 e. The van der Waals surface area contributed by atoms with Gasteiger partial charge in [0.1, 0.15) is 41.7 Å². The second-order valence-electron chi connectivity index (χ2n) is 19.3. The molecule has 0 radical (unpaired) electrons. The molecule has 5 aromatic carbocycles. The summed E-state index contributed by atoms with van der Waals surface area (Å²) in [6, 6.07) is 34.3. The van der Waals surface area contributed by atoms with Crippen molar-refractivity contribution in [3.05, 3.63) is 179 Å². The van der Waals surface area contributed by atoms with Crippen LogP contribution in [0.5, 0.6) is 11.5 Å². The van der Waals surface area contributed by atoms with E-state index in [1.54, 1.807) is 98.9 Å². The number of urea groups is 1. The molecule has 6 aromatic rings. The Morgan fingerprint density at radius 3 is 2.03 bits per heavy atom. The standard InChI is InChI=1S/C59H57N7O10/c1-37(2)48(54(69)74-4)62-58(72)65-46-27-20-39(17-16-38-18-23-43(73-3)24-19-38)36-45(46)59(56(65)71)47(53(68)63-30-32-64(33-31-63)57-60-28-11-29-61-57)50-55(70)76-51(41-14-9-6-10-15-41)49(40-12-7-5-8-13-40)66(50)52(59)42-21-25-44(26-22-42)75-35-34-67/h5-15,18-29,36-37,47-52,67H,30-35H2,1-4H3,(H,62,72). The average Bonchev–Trinajstić information content (AvgIpc) is 3.93. The summed E-state index contributed by atoms with van der Waals surface area (Å²) in [4.78, 5) is 93.2. The summed E-state index contributed by atoms with van der Waals surface area (Å²) < 4.78 is 23.1. The van der Waals surface area contributed by atoms with E-state index >= 15 is 19.2 Å². The summed E-state index contributed by atoms with van der Waals surface area (Å²) in [5, 5.41) is 12.5. The second kappa shape index (κ2) is 21.7. The van der Waals surface area contributed by atoms with Gasteiger partial charge in [-0.1, -0.05) is 98.5 Å². The number of aliphatic hydroxyl groups excluding tert-OH is 1. The Hall–Kier alpha value is -8.59. The third-order valence-corrected chi connectivity index (χ3v) is 14.8. The highest BCUT2D eigenvalue weighted by atomic mass is 16.6. The minimum Gasteiger partial charge on any atom is -0.497 e. The molecule has 7 atom stereocenters. The van der Waals surface area contributed by atoms with Crippen molar-refractivity contribution in [2.24, 2.45) is 11.8 Å². The largest absolute Gasteiger partial charge is 0.497 e. The normalized spacial score (nSPS) is 22.2. The van der Waals surface area contributed by atoms with Crippen LogP contribution in [0.2, 0.25) is 0 Å². The molecule has 17 nitrogen and oxygen atoms in total. The number of fused-ring (bicyclic) bond motifs is 3. The van der Waals surface area contributed by atoms with Crippen LogP contribution >= 0.6 is 0 Å². The number of hydrogen-bond acceptors (Lipinski definition) is 14. The monoisotopic (exact) mass is 1020 g/mol. The molecule has 4 amide bonds. The van der Waals surface area contributed by atoms with Gasteiger partial charge in [0.2, 0.25) is 17.8 Å². The van der Waals surface area contributed by atoms with E-state index in [9.17, 15) is 9.90 Å². The van der Waals surface area contributed by atoms with Crippen molar-refractivity contribution < 1.29 is 48.0 Å². The van der Waals surface area contributed by atoms with Crippen molar-refractivity contribution in [1.29, 1.82) is 0 Å². The number of ether oxygens (including phenoxy) is 4. The number of nitrogens with one attached hydrogen (secondary N) is 1. The lowest BCUT2D eigenvalue weighted by Crippen LogP contribution is -2.60. The number of benzene rings is 5. The fourth-order valence-corrected chi connectivity index (χ4v) is 11.3. The minimum atomic E-state index is -2.10. The number of aliphatic hydroxyl groups is 1. The van der Waals surface area contributed by atoms with Gasteiger partial charge in [0, 0.05) is 49.7 Å². The number of carbonyl (C=O) groups is 5. The molecular formula is C59H57N7O10. The molecule has 0 saturated carbocycles. The fourth-order valence-electron chi connectivity index (χ4n) is 11.3. The molecule has 76 heavy (non-hydrogen) atoms. The molecule has 2 N–H and O–H groups in total. The molecule has 17 heteroatoms. The number of imide groups is 1. The van der Waals surface area contributed by atoms with Crippen molar-refractivity contribution in [3.63, 3.8) is 0 Å². The molecular weight excluding hydrogens is 967 g/mol. The SMILES string of the molecule is COC(=O)C(NC(=O)N1C(=O)C2(c3cc(C#Cc4ccc(OC)cc4)ccc31)C(C(=O)N1CCN(c3ncccn3)CC1)C1C(=O)OC(c3ccccc3)C(c3ccccc3)N1C2c1ccc(OCCO)cc1)C(C)C. The summed E-state index contributed by atoms with van der Waals surface area (Å²) in [5.74, 6) is 3.27. The molecule has 7 unspecified atom stereocenters. The molecule has 5 heterocycles. The van der Waals surface area contributed by atoms with Crippen molar-refractivity contribution in [3.8, 4) is 23.3 Å². The number of anilines is 2. The molecule has 10 rings (SSSR count). The van der Waals surface area contributed by atoms with E-state index in [0.717, 1.165) is 10.5 Å². The zero-order valence-electron chi connectivity index (χ0n) is 42.4. The van der Waals surface area contributed by atoms with Gasteiger partial charge in [-0.25, -0.2) is 24.5 Å². The third-order valence-electron chi connectivity index (χ3n) is 14.8. The van der Waals surface area contributed by atoms with Gasteiger partial charge in [0.25, 0.3) is 0 Å². The number of cyclic esters (lactones) is 1. The molecule has 4 aliphatic rings. The Kier molecular flexibility index (Phi) is 14.5. The van der Waals surface area contributed by atoms with Crippen LogP contribution in [-0.4, -0.2) is 120 Å². The molecule has 0 bridgehead atoms. The minimum absolute atomic E-state index is 0.0149. The first kappa shape index (κ1) is 50.9. The van der Waals surface area contributed by atoms with Gasteiger partial charge in [-0.05, 0) is 88.8 Å². The molecule has 388 valence electrons. The highest BCUT2D eigenvalue weighted by Crippen LogP contribution is 2.66. The van der Waals surface area contributed by atoms with Gasteiger partial charge in [-0.15, -0.1) is 0 Å². The number of piperazine rings is 1. The number of methoxy groups -OCH3 is 2. The maximum atomic E-state index is 16.9. The summed E-state index contributed by atoms with van der Waals surface area (Å²) in [6.45, 7) is 4.29. The van der Waals surface area contributed by atoms with Crippen LogP contribution < -0.4 is 24.6 Å². The van der Waals surface area contributed by atoms with Gasteiger partial charge >= 0.3 is 18.0 Å². The van der Waals surface area contributed by atoms with E-state index in [2.05, 4.69) is 27.1 Å². The van der Waals surface area contributed by atoms with Crippen LogP contribution in [0.1, 0.15) is 65.4 Å². The molecule has 1 aromatic heterocycles. The van der Waals surface area contributed by atoms with Gasteiger partial charge in [-0.2, -0.15) is 0 Å². The number of aromatic nitrogens is 2. The Morgan fingerprint density at radius 2 is 1.39 bits per heavy atom. The van der Waals surface area contributed by atoms with E-state index in [-0.39, 0.29) is 37.6 Å². The first-order chi connectivity index (χ1) is 37.0. The number of esters is 2. The predicted molar refractivity (Wildman–Crippen MR) is 280 cm³/mol. The maximum absolute atomic E-state index is 16.9. The highest BCUT2D eigenvalue weighted by Gasteiger charge is 2.76. The Morgan fingerprint density at radius 1 is 0.763 bits per heavy atom. The molecule has 1 spiro atoms. The van der Waals surface area contributed by atoms with E-state index in [0.29, 0.717) is 52.8 Å². The van der Waals surface area contributed by atoms with Crippen molar-refractivity contribution in [2.45, 2.75) is 49.5 Å². The predicted octanol–water partition coefficient (Wildman–Crippen LogP) is 6.18. The van der Waals surface area contributed by atoms with Gasteiger partial charge in [0.05, 0.1) is 44.5 Å². The van der Waals surface area contributed by atoms with E-state index in [4.69, 9.17) is 18.9 Å². The first-order valence-corrected chi connectivity index (χ1v) is 25.2. The van der Waals surface area contributed by atoms with Crippen LogP contribution in [0, 0.1) is 23.7 Å².